The van der Waals surface area contributed by atoms with Crippen molar-refractivity contribution in [1.82, 2.24) is 5.32 Å². The predicted octanol–water partition coefficient (Wildman–Crippen LogP) is 3.33. The normalized spacial score (nSPS) is 18.7. The van der Waals surface area contributed by atoms with Gasteiger partial charge in [0.15, 0.2) is 0 Å². The maximum absolute atomic E-state index is 14.3. The monoisotopic (exact) mass is 294 g/mol. The summed E-state index contributed by atoms with van der Waals surface area (Å²) in [6.07, 6.45) is 4.73. The molecular weight excluding hydrogens is 267 g/mol. The molecule has 1 atom stereocenters. The Balaban J connectivity index is 2.04. The summed E-state index contributed by atoms with van der Waals surface area (Å²) in [6.45, 7) is 5.37. The molecule has 0 saturated carbocycles. The largest absolute Gasteiger partial charge is 0.376 e. The van der Waals surface area contributed by atoms with Gasteiger partial charge in [0.1, 0.15) is 5.82 Å². The molecule has 0 radical (unpaired) electrons. The molecular formula is C17H27FN2O. The predicted molar refractivity (Wildman–Crippen MR) is 85.3 cm³/mol. The maximum Gasteiger partial charge on any atom is 0.146 e. The molecule has 1 aliphatic heterocycles. The number of likely N-dealkylation sites (N-methyl/N-ethyl adjacent to an activating group) is 1. The van der Waals surface area contributed by atoms with Gasteiger partial charge in [0.2, 0.25) is 0 Å². The maximum atomic E-state index is 14.3. The van der Waals surface area contributed by atoms with E-state index in [2.05, 4.69) is 12.2 Å². The zero-order chi connectivity index (χ0) is 15.1. The van der Waals surface area contributed by atoms with E-state index in [-0.39, 0.29) is 11.9 Å². The minimum absolute atomic E-state index is 0.149. The van der Waals surface area contributed by atoms with Crippen molar-refractivity contribution in [1.29, 1.82) is 0 Å². The molecule has 0 amide bonds. The molecule has 1 aromatic carbocycles. The third kappa shape index (κ3) is 4.68. The van der Waals surface area contributed by atoms with Crippen LogP contribution in [0, 0.1) is 5.82 Å². The molecule has 1 N–H and O–H groups in total. The van der Waals surface area contributed by atoms with Crippen LogP contribution in [-0.4, -0.2) is 32.8 Å². The molecule has 0 aromatic heterocycles. The van der Waals surface area contributed by atoms with Crippen LogP contribution in [-0.2, 0) is 11.3 Å². The van der Waals surface area contributed by atoms with Gasteiger partial charge < -0.3 is 15.0 Å². The van der Waals surface area contributed by atoms with E-state index in [1.807, 2.05) is 18.0 Å². The molecule has 4 heteroatoms. The summed E-state index contributed by atoms with van der Waals surface area (Å²) in [4.78, 5) is 2.01. The summed E-state index contributed by atoms with van der Waals surface area (Å²) in [5.74, 6) is -0.149. The van der Waals surface area contributed by atoms with Crippen molar-refractivity contribution in [3.63, 3.8) is 0 Å². The third-order valence-electron chi connectivity index (χ3n) is 3.95. The van der Waals surface area contributed by atoms with E-state index in [9.17, 15) is 4.39 Å². The first-order chi connectivity index (χ1) is 10.2. The van der Waals surface area contributed by atoms with E-state index >= 15 is 0 Å². The van der Waals surface area contributed by atoms with Crippen LogP contribution in [0.25, 0.3) is 0 Å². The lowest BCUT2D eigenvalue weighted by Crippen LogP contribution is -2.34. The summed E-state index contributed by atoms with van der Waals surface area (Å²) < 4.78 is 20.0. The van der Waals surface area contributed by atoms with E-state index in [4.69, 9.17) is 4.74 Å². The number of hydrogen-bond donors (Lipinski definition) is 1. The Morgan fingerprint density at radius 1 is 1.38 bits per heavy atom. The summed E-state index contributed by atoms with van der Waals surface area (Å²) in [6, 6.07) is 5.32. The number of nitrogens with one attached hydrogen (secondary N) is 1. The molecule has 1 heterocycles. The first-order valence-corrected chi connectivity index (χ1v) is 8.03. The third-order valence-corrected chi connectivity index (χ3v) is 3.95. The highest BCUT2D eigenvalue weighted by Crippen LogP contribution is 2.25. The smallest absolute Gasteiger partial charge is 0.146 e. The van der Waals surface area contributed by atoms with Crippen LogP contribution in [0.3, 0.4) is 0 Å². The van der Waals surface area contributed by atoms with Crippen molar-refractivity contribution in [2.24, 2.45) is 0 Å². The molecule has 1 saturated heterocycles. The highest BCUT2D eigenvalue weighted by molar-refractivity contribution is 5.54. The fraction of sp³-hybridized carbons (Fsp3) is 0.647. The van der Waals surface area contributed by atoms with Gasteiger partial charge in [-0.2, -0.15) is 0 Å². The average molecular weight is 294 g/mol. The van der Waals surface area contributed by atoms with E-state index in [1.165, 1.54) is 12.5 Å². The summed E-state index contributed by atoms with van der Waals surface area (Å²) in [5.41, 5.74) is 1.72. The van der Waals surface area contributed by atoms with Gasteiger partial charge in [-0.25, -0.2) is 4.39 Å². The number of anilines is 1. The van der Waals surface area contributed by atoms with Gasteiger partial charge in [0.25, 0.3) is 0 Å². The van der Waals surface area contributed by atoms with Gasteiger partial charge in [-0.3, -0.25) is 0 Å². The highest BCUT2D eigenvalue weighted by Gasteiger charge is 2.19. The molecule has 0 bridgehead atoms. The number of halogens is 1. The van der Waals surface area contributed by atoms with Gasteiger partial charge in [-0.1, -0.05) is 19.1 Å². The molecule has 1 aromatic rings. The summed E-state index contributed by atoms with van der Waals surface area (Å²) in [7, 11) is 1.96. The zero-order valence-corrected chi connectivity index (χ0v) is 13.2. The van der Waals surface area contributed by atoms with Gasteiger partial charge in [-0.05, 0) is 43.9 Å². The lowest BCUT2D eigenvalue weighted by atomic mass is 10.1. The Kier molecular flexibility index (Phi) is 6.46. The molecule has 0 aliphatic carbocycles. The van der Waals surface area contributed by atoms with Crippen LogP contribution >= 0.6 is 0 Å². The highest BCUT2D eigenvalue weighted by atomic mass is 19.1. The van der Waals surface area contributed by atoms with Crippen LogP contribution in [0.15, 0.2) is 18.2 Å². The number of rotatable bonds is 7. The number of para-hydroxylation sites is 1. The van der Waals surface area contributed by atoms with E-state index in [0.717, 1.165) is 44.5 Å². The first kappa shape index (κ1) is 16.2. The SMILES string of the molecule is CCCNCc1cccc(F)c1N(C)CC1CCCCO1. The summed E-state index contributed by atoms with van der Waals surface area (Å²) >= 11 is 0. The van der Waals surface area contributed by atoms with Gasteiger partial charge in [-0.15, -0.1) is 0 Å². The van der Waals surface area contributed by atoms with Gasteiger partial charge >= 0.3 is 0 Å². The summed E-state index contributed by atoms with van der Waals surface area (Å²) in [5, 5.41) is 3.35. The van der Waals surface area contributed by atoms with E-state index in [0.29, 0.717) is 12.2 Å². The van der Waals surface area contributed by atoms with Crippen molar-refractivity contribution in [3.05, 3.63) is 29.6 Å². The van der Waals surface area contributed by atoms with Gasteiger partial charge in [0.05, 0.1) is 11.8 Å². The Morgan fingerprint density at radius 2 is 2.24 bits per heavy atom. The lowest BCUT2D eigenvalue weighted by Gasteiger charge is -2.30. The Hall–Kier alpha value is -1.13. The van der Waals surface area contributed by atoms with Crippen molar-refractivity contribution < 1.29 is 9.13 Å². The van der Waals surface area contributed by atoms with Crippen molar-refractivity contribution >= 4 is 5.69 Å². The molecule has 1 fully saturated rings. The van der Waals surface area contributed by atoms with Crippen LogP contribution < -0.4 is 10.2 Å². The van der Waals surface area contributed by atoms with Crippen molar-refractivity contribution in [3.8, 4) is 0 Å². The zero-order valence-electron chi connectivity index (χ0n) is 13.2. The Morgan fingerprint density at radius 3 is 2.95 bits per heavy atom. The number of hydrogen-bond acceptors (Lipinski definition) is 3. The van der Waals surface area contributed by atoms with Crippen molar-refractivity contribution in [2.45, 2.75) is 45.3 Å². The molecule has 118 valence electrons. The minimum Gasteiger partial charge on any atom is -0.376 e. The van der Waals surface area contributed by atoms with Gasteiger partial charge in [0, 0.05) is 26.7 Å². The fourth-order valence-corrected chi connectivity index (χ4v) is 2.88. The van der Waals surface area contributed by atoms with Crippen LogP contribution in [0.2, 0.25) is 0 Å². The number of nitrogens with zero attached hydrogens (tertiary/aromatic N) is 1. The molecule has 1 unspecified atom stereocenters. The second kappa shape index (κ2) is 8.35. The standard InChI is InChI=1S/C17H27FN2O/c1-3-10-19-12-14-7-6-9-16(18)17(14)20(2)13-15-8-4-5-11-21-15/h6-7,9,15,19H,3-5,8,10-13H2,1-2H3. The minimum atomic E-state index is -0.149. The van der Waals surface area contributed by atoms with Crippen molar-refractivity contribution in [2.75, 3.05) is 31.6 Å². The van der Waals surface area contributed by atoms with Crippen LogP contribution in [0.4, 0.5) is 10.1 Å². The van der Waals surface area contributed by atoms with E-state index < -0.39 is 0 Å². The molecule has 3 nitrogen and oxygen atoms in total. The molecule has 21 heavy (non-hydrogen) atoms. The Labute approximate surface area is 127 Å². The fourth-order valence-electron chi connectivity index (χ4n) is 2.88. The average Bonchev–Trinajstić information content (AvgIpc) is 2.48. The first-order valence-electron chi connectivity index (χ1n) is 8.03. The van der Waals surface area contributed by atoms with Crippen LogP contribution in [0.5, 0.6) is 0 Å². The van der Waals surface area contributed by atoms with Crippen LogP contribution in [0.1, 0.15) is 38.2 Å². The number of benzene rings is 1. The second-order valence-electron chi connectivity index (χ2n) is 5.79. The molecule has 2 rings (SSSR count). The van der Waals surface area contributed by atoms with E-state index in [1.54, 1.807) is 6.07 Å². The molecule has 1 aliphatic rings. The lowest BCUT2D eigenvalue weighted by molar-refractivity contribution is 0.0215. The second-order valence-corrected chi connectivity index (χ2v) is 5.79. The molecule has 0 spiro atoms. The quantitative estimate of drug-likeness (QED) is 0.781. The number of ether oxygens (including phenoxy) is 1. The topological polar surface area (TPSA) is 24.5 Å². The Bertz CT molecular complexity index is 433.